The topological polar surface area (TPSA) is 101 Å². The molecule has 0 aliphatic rings. The van der Waals surface area contributed by atoms with E-state index in [-0.39, 0.29) is 10.0 Å². The third kappa shape index (κ3) is 2.65. The van der Waals surface area contributed by atoms with Crippen molar-refractivity contribution in [1.29, 1.82) is 0 Å². The lowest BCUT2D eigenvalue weighted by molar-refractivity contribution is 0.602. The van der Waals surface area contributed by atoms with Gasteiger partial charge in [0.25, 0.3) is 10.0 Å². The maximum atomic E-state index is 12.5. The van der Waals surface area contributed by atoms with Crippen molar-refractivity contribution >= 4 is 43.9 Å². The summed E-state index contributed by atoms with van der Waals surface area (Å²) in [6.45, 7) is 0. The molecule has 0 bridgehead atoms. The molecule has 3 rings (SSSR count). The number of anilines is 2. The molecule has 8 heteroatoms. The summed E-state index contributed by atoms with van der Waals surface area (Å²) in [6, 6.07) is 7.99. The maximum Gasteiger partial charge on any atom is 0.264 e. The Kier molecular flexibility index (Phi) is 3.23. The Morgan fingerprint density at radius 3 is 2.81 bits per heavy atom. The van der Waals surface area contributed by atoms with Crippen LogP contribution in [0, 0.1) is 0 Å². The van der Waals surface area contributed by atoms with Gasteiger partial charge in [-0.25, -0.2) is 13.4 Å². The fourth-order valence-corrected chi connectivity index (χ4v) is 3.40. The van der Waals surface area contributed by atoms with Crippen molar-refractivity contribution in [3.8, 4) is 0 Å². The Labute approximate surface area is 126 Å². The molecule has 1 aromatic carbocycles. The quantitative estimate of drug-likeness (QED) is 0.509. The first-order valence-corrected chi connectivity index (χ1v) is 7.83. The highest BCUT2D eigenvalue weighted by atomic mass is 35.5. The van der Waals surface area contributed by atoms with E-state index in [1.807, 2.05) is 0 Å². The molecule has 0 radical (unpaired) electrons. The normalized spacial score (nSPS) is 11.7. The van der Waals surface area contributed by atoms with Gasteiger partial charge in [0.05, 0.1) is 5.69 Å². The number of benzene rings is 1. The fraction of sp³-hybridized carbons (Fsp3) is 0. The van der Waals surface area contributed by atoms with Crippen LogP contribution in [0.25, 0.3) is 10.9 Å². The Morgan fingerprint density at radius 2 is 2.05 bits per heavy atom. The number of pyridine rings is 1. The monoisotopic (exact) mass is 322 g/mol. The molecule has 0 saturated heterocycles. The molecule has 3 aromatic rings. The van der Waals surface area contributed by atoms with Gasteiger partial charge in [0.1, 0.15) is 10.0 Å². The molecular formula is C13H11ClN4O2S. The number of halogens is 1. The number of rotatable bonds is 3. The lowest BCUT2D eigenvalue weighted by atomic mass is 10.2. The number of hydrogen-bond donors (Lipinski definition) is 3. The molecule has 0 atom stereocenters. The van der Waals surface area contributed by atoms with Crippen LogP contribution < -0.4 is 10.5 Å². The zero-order valence-corrected chi connectivity index (χ0v) is 12.2. The van der Waals surface area contributed by atoms with Crippen molar-refractivity contribution in [2.75, 3.05) is 10.5 Å². The average molecular weight is 323 g/mol. The van der Waals surface area contributed by atoms with E-state index in [0.29, 0.717) is 22.3 Å². The number of nitrogens with zero attached hydrogens (tertiary/aromatic N) is 1. The van der Waals surface area contributed by atoms with E-state index in [2.05, 4.69) is 14.7 Å². The standard InChI is InChI=1S/C13H11ClN4O2S/c14-13-6-9(3-4-16-13)18-21(19,20)12-7-17-11-2-1-8(15)5-10(11)12/h1-7,17H,15H2,(H,16,18). The summed E-state index contributed by atoms with van der Waals surface area (Å²) in [5.41, 5.74) is 7.24. The van der Waals surface area contributed by atoms with Crippen molar-refractivity contribution in [1.82, 2.24) is 9.97 Å². The Morgan fingerprint density at radius 1 is 1.24 bits per heavy atom. The predicted molar refractivity (Wildman–Crippen MR) is 82.8 cm³/mol. The van der Waals surface area contributed by atoms with Gasteiger partial charge < -0.3 is 10.7 Å². The minimum absolute atomic E-state index is 0.123. The van der Waals surface area contributed by atoms with Crippen molar-refractivity contribution in [2.24, 2.45) is 0 Å². The molecule has 2 heterocycles. The fourth-order valence-electron chi connectivity index (χ4n) is 2.01. The minimum atomic E-state index is -3.75. The van der Waals surface area contributed by atoms with Crippen molar-refractivity contribution < 1.29 is 8.42 Å². The molecule has 2 aromatic heterocycles. The van der Waals surface area contributed by atoms with Gasteiger partial charge in [0, 0.05) is 29.0 Å². The molecule has 0 spiro atoms. The minimum Gasteiger partial charge on any atom is -0.399 e. The van der Waals surface area contributed by atoms with E-state index in [1.54, 1.807) is 18.2 Å². The van der Waals surface area contributed by atoms with Crippen molar-refractivity contribution in [3.05, 3.63) is 47.9 Å². The van der Waals surface area contributed by atoms with Crippen LogP contribution in [0.5, 0.6) is 0 Å². The average Bonchev–Trinajstić information content (AvgIpc) is 2.81. The Balaban J connectivity index is 2.06. The Hall–Kier alpha value is -2.25. The van der Waals surface area contributed by atoms with E-state index >= 15 is 0 Å². The van der Waals surface area contributed by atoms with Crippen LogP contribution in [0.3, 0.4) is 0 Å². The third-order valence-electron chi connectivity index (χ3n) is 2.94. The van der Waals surface area contributed by atoms with Gasteiger partial charge in [-0.1, -0.05) is 11.6 Å². The summed E-state index contributed by atoms with van der Waals surface area (Å²) < 4.78 is 27.4. The summed E-state index contributed by atoms with van der Waals surface area (Å²) in [6.07, 6.45) is 2.85. The first-order chi connectivity index (χ1) is 9.95. The van der Waals surface area contributed by atoms with Crippen LogP contribution in [0.2, 0.25) is 5.15 Å². The van der Waals surface area contributed by atoms with Gasteiger partial charge >= 0.3 is 0 Å². The summed E-state index contributed by atoms with van der Waals surface area (Å²) in [7, 11) is -3.75. The lowest BCUT2D eigenvalue weighted by Crippen LogP contribution is -2.12. The number of aromatic nitrogens is 2. The summed E-state index contributed by atoms with van der Waals surface area (Å²) in [4.78, 5) is 6.83. The summed E-state index contributed by atoms with van der Waals surface area (Å²) in [5, 5.41) is 0.737. The second kappa shape index (κ2) is 4.94. The van der Waals surface area contributed by atoms with Crippen LogP contribution in [0.15, 0.2) is 47.6 Å². The van der Waals surface area contributed by atoms with Gasteiger partial charge in [-0.3, -0.25) is 4.72 Å². The molecule has 4 N–H and O–H groups in total. The molecule has 0 saturated carbocycles. The molecule has 0 amide bonds. The highest BCUT2D eigenvalue weighted by Gasteiger charge is 2.19. The van der Waals surface area contributed by atoms with Crippen LogP contribution in [-0.4, -0.2) is 18.4 Å². The second-order valence-corrected chi connectivity index (χ2v) is 6.47. The van der Waals surface area contributed by atoms with Crippen molar-refractivity contribution in [3.63, 3.8) is 0 Å². The number of hydrogen-bond acceptors (Lipinski definition) is 4. The van der Waals surface area contributed by atoms with Gasteiger partial charge in [-0.05, 0) is 30.3 Å². The molecular weight excluding hydrogens is 312 g/mol. The van der Waals surface area contributed by atoms with Crippen LogP contribution in [-0.2, 0) is 10.0 Å². The molecule has 0 fully saturated rings. The third-order valence-corrected chi connectivity index (χ3v) is 4.56. The second-order valence-electron chi connectivity index (χ2n) is 4.43. The van der Waals surface area contributed by atoms with Gasteiger partial charge in [-0.2, -0.15) is 0 Å². The van der Waals surface area contributed by atoms with E-state index in [0.717, 1.165) is 0 Å². The number of sulfonamides is 1. The number of nitrogens with two attached hydrogens (primary N) is 1. The molecule has 21 heavy (non-hydrogen) atoms. The molecule has 108 valence electrons. The molecule has 0 aliphatic carbocycles. The zero-order chi connectivity index (χ0) is 15.0. The largest absolute Gasteiger partial charge is 0.399 e. The lowest BCUT2D eigenvalue weighted by Gasteiger charge is -2.07. The summed E-state index contributed by atoms with van der Waals surface area (Å²) >= 11 is 5.75. The predicted octanol–water partition coefficient (Wildman–Crippen LogP) is 2.60. The molecule has 6 nitrogen and oxygen atoms in total. The van der Waals surface area contributed by atoms with Crippen LogP contribution in [0.4, 0.5) is 11.4 Å². The highest BCUT2D eigenvalue weighted by molar-refractivity contribution is 7.93. The van der Waals surface area contributed by atoms with Crippen LogP contribution >= 0.6 is 11.6 Å². The van der Waals surface area contributed by atoms with E-state index in [9.17, 15) is 8.42 Å². The number of fused-ring (bicyclic) bond motifs is 1. The number of H-pyrrole nitrogens is 1. The van der Waals surface area contributed by atoms with E-state index in [4.69, 9.17) is 17.3 Å². The first-order valence-electron chi connectivity index (χ1n) is 5.97. The molecule has 0 aliphatic heterocycles. The van der Waals surface area contributed by atoms with Gasteiger partial charge in [-0.15, -0.1) is 0 Å². The summed E-state index contributed by atoms with van der Waals surface area (Å²) in [5.74, 6) is 0. The number of aromatic amines is 1. The van der Waals surface area contributed by atoms with Gasteiger partial charge in [0.15, 0.2) is 0 Å². The van der Waals surface area contributed by atoms with Crippen molar-refractivity contribution in [2.45, 2.75) is 4.90 Å². The van der Waals surface area contributed by atoms with Gasteiger partial charge in [0.2, 0.25) is 0 Å². The number of nitrogen functional groups attached to an aromatic ring is 1. The maximum absolute atomic E-state index is 12.5. The zero-order valence-electron chi connectivity index (χ0n) is 10.7. The molecule has 0 unspecified atom stereocenters. The Bertz CT molecular complexity index is 921. The van der Waals surface area contributed by atoms with Crippen LogP contribution in [0.1, 0.15) is 0 Å². The first kappa shape index (κ1) is 13.7. The van der Waals surface area contributed by atoms with E-state index < -0.39 is 10.0 Å². The van der Waals surface area contributed by atoms with E-state index in [1.165, 1.54) is 24.5 Å². The smallest absolute Gasteiger partial charge is 0.264 e. The SMILES string of the molecule is Nc1ccc2[nH]cc(S(=O)(=O)Nc3ccnc(Cl)c3)c2c1. The number of nitrogens with one attached hydrogen (secondary N) is 2. The highest BCUT2D eigenvalue weighted by Crippen LogP contribution is 2.26.